The Morgan fingerprint density at radius 3 is 2.53 bits per heavy atom. The molecule has 0 atom stereocenters. The highest BCUT2D eigenvalue weighted by Crippen LogP contribution is 2.32. The molecule has 106 valence electrons. The van der Waals surface area contributed by atoms with Crippen LogP contribution in [-0.2, 0) is 0 Å². The van der Waals surface area contributed by atoms with Crippen LogP contribution in [0, 0.1) is 0 Å². The average Bonchev–Trinajstić information content (AvgIpc) is 2.18. The number of nitrogens with one attached hydrogen (secondary N) is 2. The lowest BCUT2D eigenvalue weighted by atomic mass is 10.3. The van der Waals surface area contributed by atoms with Gasteiger partial charge in [0.1, 0.15) is 0 Å². The maximum atomic E-state index is 12.2. The van der Waals surface area contributed by atoms with E-state index in [2.05, 4.69) is 31.3 Å². The average molecular weight is 341 g/mol. The van der Waals surface area contributed by atoms with Gasteiger partial charge in [-0.3, -0.25) is 0 Å². The van der Waals surface area contributed by atoms with Crippen LogP contribution in [0.1, 0.15) is 13.8 Å². The van der Waals surface area contributed by atoms with Crippen molar-refractivity contribution in [3.63, 3.8) is 0 Å². The van der Waals surface area contributed by atoms with Gasteiger partial charge in [0.25, 0.3) is 0 Å². The molecular weight excluding hydrogens is 329 g/mol. The number of hydrogen-bond acceptors (Lipinski definition) is 2. The number of ether oxygens (including phenoxy) is 1. The van der Waals surface area contributed by atoms with E-state index in [0.717, 1.165) is 6.07 Å². The molecule has 0 fully saturated rings. The Morgan fingerprint density at radius 1 is 1.37 bits per heavy atom. The second kappa shape index (κ2) is 6.14. The number of carbonyl (C=O) groups excluding carboxylic acids is 1. The lowest BCUT2D eigenvalue weighted by molar-refractivity contribution is -0.274. The first-order valence-corrected chi connectivity index (χ1v) is 6.09. The summed E-state index contributed by atoms with van der Waals surface area (Å²) in [4.78, 5) is 11.5. The molecule has 0 unspecified atom stereocenters. The molecule has 0 saturated heterocycles. The molecule has 4 nitrogen and oxygen atoms in total. The molecule has 1 aromatic carbocycles. The van der Waals surface area contributed by atoms with Gasteiger partial charge in [0, 0.05) is 10.5 Å². The predicted octanol–water partition coefficient (Wildman–Crippen LogP) is 3.88. The summed E-state index contributed by atoms with van der Waals surface area (Å²) < 4.78 is 41.0. The minimum atomic E-state index is -4.83. The molecule has 1 aromatic rings. The summed E-state index contributed by atoms with van der Waals surface area (Å²) >= 11 is 3.03. The van der Waals surface area contributed by atoms with Gasteiger partial charge in [-0.15, -0.1) is 13.2 Å². The zero-order valence-corrected chi connectivity index (χ0v) is 11.7. The van der Waals surface area contributed by atoms with E-state index in [4.69, 9.17) is 0 Å². The van der Waals surface area contributed by atoms with Crippen molar-refractivity contribution in [3.05, 3.63) is 22.7 Å². The molecule has 0 radical (unpaired) electrons. The number of carbonyl (C=O) groups is 1. The summed E-state index contributed by atoms with van der Waals surface area (Å²) in [5.41, 5.74) is -0.0707. The largest absolute Gasteiger partial charge is 0.573 e. The van der Waals surface area contributed by atoms with Crippen molar-refractivity contribution >= 4 is 27.6 Å². The Morgan fingerprint density at radius 2 is 2.00 bits per heavy atom. The highest BCUT2D eigenvalue weighted by Gasteiger charge is 2.32. The number of urea groups is 1. The van der Waals surface area contributed by atoms with Crippen LogP contribution in [0.4, 0.5) is 23.7 Å². The Hall–Kier alpha value is -1.44. The minimum Gasteiger partial charge on any atom is -0.404 e. The highest BCUT2D eigenvalue weighted by atomic mass is 79.9. The Kier molecular flexibility index (Phi) is 5.04. The first-order chi connectivity index (χ1) is 8.67. The van der Waals surface area contributed by atoms with E-state index in [1.165, 1.54) is 12.1 Å². The second-order valence-corrected chi connectivity index (χ2v) is 4.86. The second-order valence-electron chi connectivity index (χ2n) is 3.94. The lowest BCUT2D eigenvalue weighted by Gasteiger charge is -2.15. The zero-order chi connectivity index (χ0) is 14.6. The summed E-state index contributed by atoms with van der Waals surface area (Å²) in [5, 5.41) is 4.79. The standard InChI is InChI=1S/C11H12BrF3N2O2/c1-6(2)16-10(18)17-8-4-3-7(12)5-9(8)19-11(13,14)15/h3-6H,1-2H3,(H2,16,17,18). The fraction of sp³-hybridized carbons (Fsp3) is 0.364. The van der Waals surface area contributed by atoms with Crippen LogP contribution in [0.25, 0.3) is 0 Å². The highest BCUT2D eigenvalue weighted by molar-refractivity contribution is 9.10. The van der Waals surface area contributed by atoms with Crippen molar-refractivity contribution in [1.82, 2.24) is 5.32 Å². The molecule has 0 spiro atoms. The Balaban J connectivity index is 2.90. The van der Waals surface area contributed by atoms with Crippen LogP contribution < -0.4 is 15.4 Å². The molecule has 0 aliphatic rings. The molecule has 1 rings (SSSR count). The molecule has 0 aromatic heterocycles. The van der Waals surface area contributed by atoms with Crippen LogP contribution in [0.2, 0.25) is 0 Å². The van der Waals surface area contributed by atoms with Crippen molar-refractivity contribution in [2.75, 3.05) is 5.32 Å². The first-order valence-electron chi connectivity index (χ1n) is 5.30. The summed E-state index contributed by atoms with van der Waals surface area (Å²) in [5.74, 6) is -0.485. The maximum Gasteiger partial charge on any atom is 0.573 e. The number of amides is 2. The van der Waals surface area contributed by atoms with Crippen molar-refractivity contribution in [1.29, 1.82) is 0 Å². The van der Waals surface area contributed by atoms with Crippen molar-refractivity contribution in [2.45, 2.75) is 26.3 Å². The predicted molar refractivity (Wildman–Crippen MR) is 68.1 cm³/mol. The van der Waals surface area contributed by atoms with Crippen molar-refractivity contribution < 1.29 is 22.7 Å². The van der Waals surface area contributed by atoms with E-state index in [0.29, 0.717) is 4.47 Å². The van der Waals surface area contributed by atoms with Gasteiger partial charge in [-0.1, -0.05) is 15.9 Å². The molecule has 2 amide bonds. The van der Waals surface area contributed by atoms with Crippen molar-refractivity contribution in [2.24, 2.45) is 0 Å². The van der Waals surface area contributed by atoms with Gasteiger partial charge in [0.15, 0.2) is 5.75 Å². The Bertz CT molecular complexity index is 464. The number of hydrogen-bond donors (Lipinski definition) is 2. The van der Waals surface area contributed by atoms with Crippen LogP contribution in [0.5, 0.6) is 5.75 Å². The zero-order valence-electron chi connectivity index (χ0n) is 10.1. The number of benzene rings is 1. The van der Waals surface area contributed by atoms with Crippen molar-refractivity contribution in [3.8, 4) is 5.75 Å². The van der Waals surface area contributed by atoms with Gasteiger partial charge >= 0.3 is 12.4 Å². The van der Waals surface area contributed by atoms with Gasteiger partial charge in [0.2, 0.25) is 0 Å². The fourth-order valence-electron chi connectivity index (χ4n) is 1.23. The monoisotopic (exact) mass is 340 g/mol. The normalized spacial score (nSPS) is 11.3. The Labute approximate surface area is 116 Å². The van der Waals surface area contributed by atoms with E-state index < -0.39 is 18.1 Å². The fourth-order valence-corrected chi connectivity index (χ4v) is 1.57. The summed E-state index contributed by atoms with van der Waals surface area (Å²) in [6.07, 6.45) is -4.83. The van der Waals surface area contributed by atoms with Gasteiger partial charge in [-0.25, -0.2) is 4.79 Å². The smallest absolute Gasteiger partial charge is 0.404 e. The van der Waals surface area contributed by atoms with Gasteiger partial charge in [0.05, 0.1) is 5.69 Å². The molecule has 0 heterocycles. The number of rotatable bonds is 3. The maximum absolute atomic E-state index is 12.2. The van der Waals surface area contributed by atoms with E-state index in [1.807, 2.05) is 0 Å². The molecular formula is C11H12BrF3N2O2. The summed E-state index contributed by atoms with van der Waals surface area (Å²) in [7, 11) is 0. The molecule has 0 aliphatic heterocycles. The van der Waals surface area contributed by atoms with Crippen LogP contribution in [0.3, 0.4) is 0 Å². The number of anilines is 1. The van der Waals surface area contributed by atoms with E-state index in [9.17, 15) is 18.0 Å². The third-order valence-corrected chi connectivity index (χ3v) is 2.33. The first kappa shape index (κ1) is 15.6. The third-order valence-electron chi connectivity index (χ3n) is 1.84. The molecule has 8 heteroatoms. The minimum absolute atomic E-state index is 0.0707. The third kappa shape index (κ3) is 5.82. The van der Waals surface area contributed by atoms with Gasteiger partial charge in [-0.2, -0.15) is 0 Å². The van der Waals surface area contributed by atoms with Crippen LogP contribution in [-0.4, -0.2) is 18.4 Å². The molecule has 0 aliphatic carbocycles. The SMILES string of the molecule is CC(C)NC(=O)Nc1ccc(Br)cc1OC(F)(F)F. The van der Waals surface area contributed by atoms with Gasteiger partial charge in [-0.05, 0) is 32.0 Å². The van der Waals surface area contributed by atoms with Crippen LogP contribution in [0.15, 0.2) is 22.7 Å². The van der Waals surface area contributed by atoms with E-state index in [1.54, 1.807) is 13.8 Å². The summed E-state index contributed by atoms with van der Waals surface area (Å²) in [6, 6.07) is 3.18. The topological polar surface area (TPSA) is 50.4 Å². The quantitative estimate of drug-likeness (QED) is 0.877. The lowest BCUT2D eigenvalue weighted by Crippen LogP contribution is -2.34. The number of halogens is 4. The molecule has 0 bridgehead atoms. The van der Waals surface area contributed by atoms with Gasteiger partial charge < -0.3 is 15.4 Å². The van der Waals surface area contributed by atoms with E-state index in [-0.39, 0.29) is 11.7 Å². The molecule has 0 saturated carbocycles. The molecule has 19 heavy (non-hydrogen) atoms. The van der Waals surface area contributed by atoms with E-state index >= 15 is 0 Å². The van der Waals surface area contributed by atoms with Crippen LogP contribution >= 0.6 is 15.9 Å². The summed E-state index contributed by atoms with van der Waals surface area (Å²) in [6.45, 7) is 3.46. The number of alkyl halides is 3. The molecule has 2 N–H and O–H groups in total.